The van der Waals surface area contributed by atoms with Crippen LogP contribution in [0.1, 0.15) is 38.3 Å². The topological polar surface area (TPSA) is 68.5 Å². The van der Waals surface area contributed by atoms with Gasteiger partial charge in [-0.2, -0.15) is 0 Å². The second-order valence-electron chi connectivity index (χ2n) is 8.59. The van der Waals surface area contributed by atoms with Crippen LogP contribution in [0, 0.1) is 5.41 Å². The number of carbonyl (C=O) groups is 2. The second kappa shape index (κ2) is 7.89. The van der Waals surface area contributed by atoms with Crippen LogP contribution < -0.4 is 0 Å². The highest BCUT2D eigenvalue weighted by Crippen LogP contribution is 2.53. The molecule has 0 saturated heterocycles. The van der Waals surface area contributed by atoms with Crippen molar-refractivity contribution in [1.82, 2.24) is 4.57 Å². The fourth-order valence-corrected chi connectivity index (χ4v) is 4.66. The summed E-state index contributed by atoms with van der Waals surface area (Å²) in [7, 11) is 0. The lowest BCUT2D eigenvalue weighted by Gasteiger charge is -2.27. The smallest absolute Gasteiger partial charge is 0.309 e. The number of carboxylic acid groups (broad SMARTS) is 1. The zero-order chi connectivity index (χ0) is 22.3. The van der Waals surface area contributed by atoms with Gasteiger partial charge in [-0.1, -0.05) is 67.9 Å². The number of halogens is 1. The second-order valence-corrected chi connectivity index (χ2v) is 9.03. The molecule has 1 atom stereocenters. The summed E-state index contributed by atoms with van der Waals surface area (Å²) in [5.41, 5.74) is 4.72. The molecule has 0 radical (unpaired) electrons. The molecule has 5 nitrogen and oxygen atoms in total. The lowest BCUT2D eigenvalue weighted by atomic mass is 9.84. The van der Waals surface area contributed by atoms with Crippen LogP contribution in [0.4, 0.5) is 0 Å². The molecule has 1 aliphatic heterocycles. The lowest BCUT2D eigenvalue weighted by molar-refractivity contribution is -0.152. The standard InChI is InChI=1S/C25H24ClNO4/c1-15(28)31-24-23-22(16-7-5-4-6-8-16)21(17-9-11-18(26)12-10-17)19(13-20(29)30)27(23)14-25(24,2)3/h4-12,24H,13-14H2,1-3H3,(H,29,30). The monoisotopic (exact) mass is 437 g/mol. The highest BCUT2D eigenvalue weighted by molar-refractivity contribution is 6.30. The minimum atomic E-state index is -0.913. The van der Waals surface area contributed by atoms with Crippen molar-refractivity contribution in [3.05, 3.63) is 71.0 Å². The number of nitrogens with zero attached hydrogens (tertiary/aromatic N) is 1. The Morgan fingerprint density at radius 1 is 1.06 bits per heavy atom. The minimum absolute atomic E-state index is 0.138. The van der Waals surface area contributed by atoms with Crippen LogP contribution in [-0.2, 0) is 27.3 Å². The van der Waals surface area contributed by atoms with E-state index < -0.39 is 12.1 Å². The van der Waals surface area contributed by atoms with Crippen molar-refractivity contribution < 1.29 is 19.4 Å². The molecular weight excluding hydrogens is 414 g/mol. The Balaban J connectivity index is 2.08. The molecule has 160 valence electrons. The molecule has 4 rings (SSSR count). The number of aliphatic carboxylic acids is 1. The van der Waals surface area contributed by atoms with E-state index in [1.54, 1.807) is 12.1 Å². The van der Waals surface area contributed by atoms with E-state index in [1.165, 1.54) is 6.92 Å². The third kappa shape index (κ3) is 3.86. The van der Waals surface area contributed by atoms with Crippen molar-refractivity contribution in [2.45, 2.75) is 39.8 Å². The molecule has 31 heavy (non-hydrogen) atoms. The van der Waals surface area contributed by atoms with E-state index in [0.717, 1.165) is 27.9 Å². The molecule has 0 fully saturated rings. The molecule has 1 N–H and O–H groups in total. The van der Waals surface area contributed by atoms with Gasteiger partial charge in [-0.3, -0.25) is 9.59 Å². The molecule has 0 bridgehead atoms. The van der Waals surface area contributed by atoms with Crippen LogP contribution in [0.15, 0.2) is 54.6 Å². The third-order valence-corrected chi connectivity index (χ3v) is 5.98. The molecule has 2 heterocycles. The summed E-state index contributed by atoms with van der Waals surface area (Å²) < 4.78 is 7.85. The van der Waals surface area contributed by atoms with Gasteiger partial charge in [0.05, 0.1) is 12.1 Å². The Morgan fingerprint density at radius 3 is 2.26 bits per heavy atom. The van der Waals surface area contributed by atoms with E-state index in [9.17, 15) is 14.7 Å². The molecule has 0 aliphatic carbocycles. The molecular formula is C25H24ClNO4. The van der Waals surface area contributed by atoms with Crippen LogP contribution in [0.5, 0.6) is 0 Å². The number of carbonyl (C=O) groups excluding carboxylic acids is 1. The van der Waals surface area contributed by atoms with Gasteiger partial charge < -0.3 is 14.4 Å². The quantitative estimate of drug-likeness (QED) is 0.516. The first-order chi connectivity index (χ1) is 14.7. The van der Waals surface area contributed by atoms with E-state index in [4.69, 9.17) is 16.3 Å². The number of ether oxygens (including phenoxy) is 1. The average molecular weight is 438 g/mol. The number of fused-ring (bicyclic) bond motifs is 1. The average Bonchev–Trinajstić information content (AvgIpc) is 3.13. The van der Waals surface area contributed by atoms with E-state index in [0.29, 0.717) is 17.3 Å². The summed E-state index contributed by atoms with van der Waals surface area (Å²) in [6.45, 7) is 6.03. The zero-order valence-corrected chi connectivity index (χ0v) is 18.4. The number of aromatic nitrogens is 1. The van der Waals surface area contributed by atoms with Crippen molar-refractivity contribution in [3.8, 4) is 22.3 Å². The van der Waals surface area contributed by atoms with Crippen LogP contribution in [0.25, 0.3) is 22.3 Å². The largest absolute Gasteiger partial charge is 0.481 e. The van der Waals surface area contributed by atoms with Crippen LogP contribution in [-0.4, -0.2) is 21.6 Å². The summed E-state index contributed by atoms with van der Waals surface area (Å²) >= 11 is 6.12. The predicted octanol–water partition coefficient (Wildman–Crippen LogP) is 5.75. The predicted molar refractivity (Wildman–Crippen MR) is 120 cm³/mol. The number of hydrogen-bond donors (Lipinski definition) is 1. The third-order valence-electron chi connectivity index (χ3n) is 5.73. The van der Waals surface area contributed by atoms with Crippen LogP contribution in [0.2, 0.25) is 5.02 Å². The van der Waals surface area contributed by atoms with Crippen molar-refractivity contribution in [3.63, 3.8) is 0 Å². The van der Waals surface area contributed by atoms with Crippen molar-refractivity contribution >= 4 is 23.5 Å². The van der Waals surface area contributed by atoms with Gasteiger partial charge in [-0.05, 0) is 23.3 Å². The molecule has 1 aromatic heterocycles. The maximum absolute atomic E-state index is 12.0. The van der Waals surface area contributed by atoms with Crippen molar-refractivity contribution in [1.29, 1.82) is 0 Å². The molecule has 6 heteroatoms. The molecule has 0 saturated carbocycles. The highest BCUT2D eigenvalue weighted by atomic mass is 35.5. The summed E-state index contributed by atoms with van der Waals surface area (Å²) in [6, 6.07) is 17.2. The van der Waals surface area contributed by atoms with Crippen LogP contribution in [0.3, 0.4) is 0 Å². The minimum Gasteiger partial charge on any atom is -0.481 e. The molecule has 0 amide bonds. The number of carboxylic acids is 1. The number of rotatable bonds is 5. The van der Waals surface area contributed by atoms with Gasteiger partial charge in [0.25, 0.3) is 0 Å². The lowest BCUT2D eigenvalue weighted by Crippen LogP contribution is -2.23. The zero-order valence-electron chi connectivity index (χ0n) is 17.7. The first-order valence-corrected chi connectivity index (χ1v) is 10.5. The number of benzene rings is 2. The molecule has 2 aromatic carbocycles. The maximum atomic E-state index is 12.0. The van der Waals surface area contributed by atoms with Gasteiger partial charge >= 0.3 is 11.9 Å². The van der Waals surface area contributed by atoms with Gasteiger partial charge in [0.1, 0.15) is 6.10 Å². The molecule has 3 aromatic rings. The van der Waals surface area contributed by atoms with Gasteiger partial charge in [-0.15, -0.1) is 0 Å². The fraction of sp³-hybridized carbons (Fsp3) is 0.280. The Kier molecular flexibility index (Phi) is 5.40. The van der Waals surface area contributed by atoms with E-state index in [1.807, 2.05) is 60.9 Å². The van der Waals surface area contributed by atoms with Crippen molar-refractivity contribution in [2.24, 2.45) is 5.41 Å². The first-order valence-electron chi connectivity index (χ1n) is 10.1. The molecule has 1 unspecified atom stereocenters. The Bertz CT molecular complexity index is 1150. The SMILES string of the molecule is CC(=O)OC1c2c(-c3ccccc3)c(-c3ccc(Cl)cc3)c(CC(=O)O)n2CC1(C)C. The van der Waals surface area contributed by atoms with E-state index in [-0.39, 0.29) is 17.8 Å². The van der Waals surface area contributed by atoms with Gasteiger partial charge in [0.2, 0.25) is 0 Å². The summed E-state index contributed by atoms with van der Waals surface area (Å²) in [5, 5.41) is 10.3. The number of hydrogen-bond acceptors (Lipinski definition) is 3. The number of esters is 1. The maximum Gasteiger partial charge on any atom is 0.309 e. The van der Waals surface area contributed by atoms with Crippen LogP contribution >= 0.6 is 11.6 Å². The summed E-state index contributed by atoms with van der Waals surface area (Å²) in [4.78, 5) is 23.8. The van der Waals surface area contributed by atoms with Crippen molar-refractivity contribution in [2.75, 3.05) is 0 Å². The normalized spacial score (nSPS) is 16.7. The fourth-order valence-electron chi connectivity index (χ4n) is 4.53. The van der Waals surface area contributed by atoms with Gasteiger partial charge in [-0.25, -0.2) is 0 Å². The van der Waals surface area contributed by atoms with Gasteiger partial charge in [0.15, 0.2) is 0 Å². The first kappa shape index (κ1) is 21.2. The summed E-state index contributed by atoms with van der Waals surface area (Å²) in [5.74, 6) is -1.27. The highest BCUT2D eigenvalue weighted by Gasteiger charge is 2.46. The van der Waals surface area contributed by atoms with E-state index in [2.05, 4.69) is 0 Å². The molecule has 0 spiro atoms. The Hall–Kier alpha value is -3.05. The Morgan fingerprint density at radius 2 is 1.68 bits per heavy atom. The Labute approximate surface area is 186 Å². The summed E-state index contributed by atoms with van der Waals surface area (Å²) in [6.07, 6.45) is -0.630. The molecule has 1 aliphatic rings. The van der Waals surface area contributed by atoms with Gasteiger partial charge in [0, 0.05) is 40.7 Å². The van der Waals surface area contributed by atoms with E-state index >= 15 is 0 Å².